The molecule has 0 aliphatic rings. The highest BCUT2D eigenvalue weighted by Crippen LogP contribution is 2.29. The predicted molar refractivity (Wildman–Crippen MR) is 82.8 cm³/mol. The van der Waals surface area contributed by atoms with Gasteiger partial charge in [0.15, 0.2) is 0 Å². The second-order valence-electron chi connectivity index (χ2n) is 4.08. The van der Waals surface area contributed by atoms with Crippen LogP contribution in [0.25, 0.3) is 0 Å². The molecule has 2 nitrogen and oxygen atoms in total. The van der Waals surface area contributed by atoms with Crippen molar-refractivity contribution in [1.82, 2.24) is 0 Å². The average molecular weight is 315 g/mol. The molecule has 4 heteroatoms. The molecule has 0 amide bonds. The summed E-state index contributed by atoms with van der Waals surface area (Å²) in [4.78, 5) is 2.70. The van der Waals surface area contributed by atoms with Crippen LogP contribution in [0, 0.1) is 0 Å². The monoisotopic (exact) mass is 314 g/mol. The first-order valence-electron chi connectivity index (χ1n) is 5.84. The summed E-state index contributed by atoms with van der Waals surface area (Å²) in [5, 5.41) is 0. The van der Waals surface area contributed by atoms with E-state index in [-0.39, 0.29) is 0 Å². The third-order valence-electron chi connectivity index (χ3n) is 3.11. The second-order valence-corrected chi connectivity index (χ2v) is 5.37. The summed E-state index contributed by atoms with van der Waals surface area (Å²) >= 11 is 8.65. The Hall–Kier alpha value is -0.610. The number of halogens is 1. The molecule has 0 atom stereocenters. The molecule has 1 aromatic rings. The molecule has 0 aliphatic carbocycles. The van der Waals surface area contributed by atoms with E-state index in [1.165, 1.54) is 0 Å². The minimum atomic E-state index is 0.435. The van der Waals surface area contributed by atoms with E-state index in [9.17, 15) is 0 Å². The van der Waals surface area contributed by atoms with Gasteiger partial charge in [0.2, 0.25) is 0 Å². The van der Waals surface area contributed by atoms with Gasteiger partial charge in [0.05, 0.1) is 0 Å². The molecule has 0 fully saturated rings. The highest BCUT2D eigenvalue weighted by atomic mass is 79.9. The first kappa shape index (κ1) is 14.5. The molecule has 0 unspecified atom stereocenters. The topological polar surface area (TPSA) is 29.3 Å². The lowest BCUT2D eigenvalue weighted by Crippen LogP contribution is -2.32. The largest absolute Gasteiger partial charge is 0.389 e. The maximum Gasteiger partial charge on any atom is 0.107 e. The zero-order valence-electron chi connectivity index (χ0n) is 10.5. The zero-order valence-corrected chi connectivity index (χ0v) is 12.9. The fraction of sp³-hybridized carbons (Fsp3) is 0.462. The van der Waals surface area contributed by atoms with E-state index in [4.69, 9.17) is 18.0 Å². The molecule has 0 heterocycles. The summed E-state index contributed by atoms with van der Waals surface area (Å²) in [6.07, 6.45) is 2.21. The van der Waals surface area contributed by atoms with E-state index < -0.39 is 0 Å². The molecule has 1 rings (SSSR count). The number of rotatable bonds is 5. The van der Waals surface area contributed by atoms with Gasteiger partial charge in [-0.1, -0.05) is 32.1 Å². The molecule has 0 spiro atoms. The quantitative estimate of drug-likeness (QED) is 0.840. The van der Waals surface area contributed by atoms with Crippen LogP contribution in [0.3, 0.4) is 0 Å². The molecule has 0 bridgehead atoms. The van der Waals surface area contributed by atoms with Gasteiger partial charge in [-0.3, -0.25) is 0 Å². The van der Waals surface area contributed by atoms with E-state index in [1.807, 2.05) is 12.1 Å². The number of hydrogen-bond acceptors (Lipinski definition) is 2. The summed E-state index contributed by atoms with van der Waals surface area (Å²) < 4.78 is 0.959. The molecule has 17 heavy (non-hydrogen) atoms. The lowest BCUT2D eigenvalue weighted by atomic mass is 10.1. The van der Waals surface area contributed by atoms with Crippen LogP contribution in [0.4, 0.5) is 5.69 Å². The number of hydrogen-bond donors (Lipinski definition) is 1. The van der Waals surface area contributed by atoms with E-state index in [0.717, 1.165) is 28.6 Å². The Kier molecular flexibility index (Phi) is 5.40. The Bertz CT molecular complexity index is 402. The number of benzene rings is 1. The van der Waals surface area contributed by atoms with Crippen molar-refractivity contribution in [2.75, 3.05) is 11.9 Å². The van der Waals surface area contributed by atoms with Gasteiger partial charge in [-0.25, -0.2) is 0 Å². The van der Waals surface area contributed by atoms with Crippen LogP contribution in [0.1, 0.15) is 32.3 Å². The highest BCUT2D eigenvalue weighted by molar-refractivity contribution is 9.10. The van der Waals surface area contributed by atoms with Gasteiger partial charge in [-0.2, -0.15) is 0 Å². The first-order chi connectivity index (χ1) is 8.02. The average Bonchev–Trinajstić information content (AvgIpc) is 2.29. The normalized spacial score (nSPS) is 10.6. The van der Waals surface area contributed by atoms with Crippen molar-refractivity contribution in [3.05, 3.63) is 28.2 Å². The van der Waals surface area contributed by atoms with Crippen molar-refractivity contribution < 1.29 is 0 Å². The Balaban J connectivity index is 3.21. The Morgan fingerprint density at radius 3 is 2.47 bits per heavy atom. The van der Waals surface area contributed by atoms with Gasteiger partial charge in [-0.15, -0.1) is 0 Å². The van der Waals surface area contributed by atoms with Crippen LogP contribution in [0.5, 0.6) is 0 Å². The number of anilines is 1. The van der Waals surface area contributed by atoms with Crippen LogP contribution >= 0.6 is 28.1 Å². The Morgan fingerprint density at radius 1 is 1.41 bits per heavy atom. The van der Waals surface area contributed by atoms with Crippen molar-refractivity contribution in [3.63, 3.8) is 0 Å². The van der Waals surface area contributed by atoms with Gasteiger partial charge < -0.3 is 10.6 Å². The standard InChI is InChI=1S/C13H19BrN2S/c1-4-9(5-2)16(3)11-8-6-7-10(14)12(11)13(15)17/h6-9H,4-5H2,1-3H3,(H2,15,17). The predicted octanol–water partition coefficient (Wildman–Crippen LogP) is 3.71. The van der Waals surface area contributed by atoms with Crippen molar-refractivity contribution >= 4 is 38.8 Å². The number of nitrogens with zero attached hydrogens (tertiary/aromatic N) is 1. The number of nitrogens with two attached hydrogens (primary N) is 1. The molecule has 0 radical (unpaired) electrons. The van der Waals surface area contributed by atoms with Gasteiger partial charge in [0, 0.05) is 28.8 Å². The molecule has 94 valence electrons. The fourth-order valence-corrected chi connectivity index (χ4v) is 3.00. The SMILES string of the molecule is CCC(CC)N(C)c1cccc(Br)c1C(N)=S. The lowest BCUT2D eigenvalue weighted by molar-refractivity contribution is 0.591. The molecule has 1 aromatic carbocycles. The smallest absolute Gasteiger partial charge is 0.107 e. The summed E-state index contributed by atoms with van der Waals surface area (Å²) in [5.74, 6) is 0. The first-order valence-corrected chi connectivity index (χ1v) is 7.04. The minimum absolute atomic E-state index is 0.435. The summed E-state index contributed by atoms with van der Waals surface area (Å²) in [6.45, 7) is 4.40. The maximum absolute atomic E-state index is 5.81. The molecule has 0 saturated heterocycles. The number of thiocarbonyl (C=S) groups is 1. The van der Waals surface area contributed by atoms with Crippen molar-refractivity contribution in [3.8, 4) is 0 Å². The van der Waals surface area contributed by atoms with E-state index in [0.29, 0.717) is 11.0 Å². The highest BCUT2D eigenvalue weighted by Gasteiger charge is 2.17. The molecular formula is C13H19BrN2S. The van der Waals surface area contributed by atoms with E-state index >= 15 is 0 Å². The van der Waals surface area contributed by atoms with Crippen molar-refractivity contribution in [1.29, 1.82) is 0 Å². The van der Waals surface area contributed by atoms with Crippen LogP contribution < -0.4 is 10.6 Å². The summed E-state index contributed by atoms with van der Waals surface area (Å²) in [6, 6.07) is 6.56. The van der Waals surface area contributed by atoms with E-state index in [2.05, 4.69) is 47.8 Å². The van der Waals surface area contributed by atoms with Gasteiger partial charge in [0.1, 0.15) is 4.99 Å². The van der Waals surface area contributed by atoms with E-state index in [1.54, 1.807) is 0 Å². The summed E-state index contributed by atoms with van der Waals surface area (Å²) in [7, 11) is 2.10. The Morgan fingerprint density at radius 2 is 2.00 bits per heavy atom. The second kappa shape index (κ2) is 6.36. The van der Waals surface area contributed by atoms with Gasteiger partial charge >= 0.3 is 0 Å². The van der Waals surface area contributed by atoms with Crippen molar-refractivity contribution in [2.45, 2.75) is 32.7 Å². The van der Waals surface area contributed by atoms with Crippen LogP contribution in [-0.4, -0.2) is 18.1 Å². The molecule has 2 N–H and O–H groups in total. The lowest BCUT2D eigenvalue weighted by Gasteiger charge is -2.30. The van der Waals surface area contributed by atoms with Crippen LogP contribution in [-0.2, 0) is 0 Å². The fourth-order valence-electron chi connectivity index (χ4n) is 2.08. The summed E-state index contributed by atoms with van der Waals surface area (Å²) in [5.41, 5.74) is 7.84. The minimum Gasteiger partial charge on any atom is -0.389 e. The maximum atomic E-state index is 5.81. The van der Waals surface area contributed by atoms with Crippen LogP contribution in [0.2, 0.25) is 0 Å². The van der Waals surface area contributed by atoms with Crippen LogP contribution in [0.15, 0.2) is 22.7 Å². The van der Waals surface area contributed by atoms with Crippen molar-refractivity contribution in [2.24, 2.45) is 5.73 Å². The molecular weight excluding hydrogens is 296 g/mol. The Labute approximate surface area is 117 Å². The molecule has 0 aromatic heterocycles. The molecule has 0 saturated carbocycles. The van der Waals surface area contributed by atoms with Gasteiger partial charge in [-0.05, 0) is 40.9 Å². The molecule has 0 aliphatic heterocycles. The third-order valence-corrected chi connectivity index (χ3v) is 3.97. The third kappa shape index (κ3) is 3.19. The van der Waals surface area contributed by atoms with Gasteiger partial charge in [0.25, 0.3) is 0 Å². The zero-order chi connectivity index (χ0) is 13.0.